The zero-order valence-corrected chi connectivity index (χ0v) is 22.9. The number of aromatic nitrogens is 1. The lowest BCUT2D eigenvalue weighted by atomic mass is 10.1. The highest BCUT2D eigenvalue weighted by Crippen LogP contribution is 2.24. The van der Waals surface area contributed by atoms with Crippen molar-refractivity contribution in [3.05, 3.63) is 81.7 Å². The van der Waals surface area contributed by atoms with Crippen LogP contribution in [-0.2, 0) is 17.6 Å². The summed E-state index contributed by atoms with van der Waals surface area (Å²) >= 11 is 6.17. The minimum absolute atomic E-state index is 0.112. The number of halogens is 1. The molecular formula is C29H33ClN4O5. The number of fused-ring (bicyclic) bond motifs is 1. The lowest BCUT2D eigenvalue weighted by Gasteiger charge is -2.25. The zero-order chi connectivity index (χ0) is 27.8. The summed E-state index contributed by atoms with van der Waals surface area (Å²) in [6.07, 6.45) is 2.22. The van der Waals surface area contributed by atoms with E-state index >= 15 is 0 Å². The van der Waals surface area contributed by atoms with Crippen LogP contribution in [0.25, 0.3) is 0 Å². The van der Waals surface area contributed by atoms with Gasteiger partial charge in [-0.05, 0) is 56.4 Å². The van der Waals surface area contributed by atoms with Gasteiger partial charge in [0, 0.05) is 18.1 Å². The van der Waals surface area contributed by atoms with Gasteiger partial charge in [0.05, 0.1) is 23.8 Å². The molecule has 1 aromatic heterocycles. The number of hydrogen-bond donors (Lipinski definition) is 2. The molecule has 0 saturated carbocycles. The van der Waals surface area contributed by atoms with E-state index in [2.05, 4.69) is 15.8 Å². The zero-order valence-electron chi connectivity index (χ0n) is 22.2. The van der Waals surface area contributed by atoms with E-state index in [1.54, 1.807) is 25.1 Å². The molecule has 0 radical (unpaired) electrons. The second-order valence-corrected chi connectivity index (χ2v) is 9.95. The molecule has 9 nitrogen and oxygen atoms in total. The first-order valence-electron chi connectivity index (χ1n) is 13.1. The average Bonchev–Trinajstić information content (AvgIpc) is 3.31. The van der Waals surface area contributed by atoms with Crippen LogP contribution in [0.4, 0.5) is 0 Å². The third-order valence-corrected chi connectivity index (χ3v) is 6.80. The summed E-state index contributed by atoms with van der Waals surface area (Å²) in [5, 5.41) is 10.4. The van der Waals surface area contributed by atoms with Gasteiger partial charge in [-0.1, -0.05) is 54.0 Å². The fraction of sp³-hybridized carbons (Fsp3) is 0.379. The SMILES string of the molecule is CCc1noc(C)c1C(=O)N1CCCCNC(=O)c2cc(Cl)ccc2OC[C@@H](Cc2ccccc2)NC(=O)C1. The van der Waals surface area contributed by atoms with Crippen molar-refractivity contribution < 1.29 is 23.6 Å². The normalized spacial score (nSPS) is 17.2. The van der Waals surface area contributed by atoms with E-state index in [0.717, 1.165) is 5.56 Å². The summed E-state index contributed by atoms with van der Waals surface area (Å²) < 4.78 is 11.3. The Morgan fingerprint density at radius 1 is 1.15 bits per heavy atom. The number of carbonyl (C=O) groups excluding carboxylic acids is 3. The molecule has 0 saturated heterocycles. The number of ether oxygens (including phenoxy) is 1. The van der Waals surface area contributed by atoms with Gasteiger partial charge in [-0.15, -0.1) is 0 Å². The first-order valence-corrected chi connectivity index (χ1v) is 13.5. The molecule has 1 atom stereocenters. The van der Waals surface area contributed by atoms with Crippen molar-refractivity contribution in [2.75, 3.05) is 26.2 Å². The predicted octanol–water partition coefficient (Wildman–Crippen LogP) is 3.97. The van der Waals surface area contributed by atoms with Gasteiger partial charge >= 0.3 is 0 Å². The maximum absolute atomic E-state index is 13.5. The van der Waals surface area contributed by atoms with Gasteiger partial charge in [-0.3, -0.25) is 14.4 Å². The fourth-order valence-corrected chi connectivity index (χ4v) is 4.73. The standard InChI is InChI=1S/C29H33ClN4O5/c1-3-24-27(19(2)39-33-24)29(37)34-14-8-7-13-31-28(36)23-16-21(30)11-12-25(23)38-18-22(32-26(35)17-34)15-20-9-5-4-6-10-20/h4-6,9-12,16,22H,3,7-8,13-15,17-18H2,1-2H3,(H,31,36)(H,32,35)/t22-/m1/s1. The quantitative estimate of drug-likeness (QED) is 0.506. The molecule has 3 amide bonds. The van der Waals surface area contributed by atoms with Crippen LogP contribution in [0.2, 0.25) is 5.02 Å². The molecule has 4 rings (SSSR count). The van der Waals surface area contributed by atoms with E-state index in [4.69, 9.17) is 20.9 Å². The van der Waals surface area contributed by atoms with E-state index in [1.807, 2.05) is 37.3 Å². The first kappa shape index (κ1) is 28.2. The Hall–Kier alpha value is -3.85. The molecular weight excluding hydrogens is 520 g/mol. The maximum Gasteiger partial charge on any atom is 0.259 e. The molecule has 1 aliphatic heterocycles. The maximum atomic E-state index is 13.5. The molecule has 2 aromatic carbocycles. The second-order valence-electron chi connectivity index (χ2n) is 9.51. The van der Waals surface area contributed by atoms with Gasteiger partial charge in [-0.2, -0.15) is 0 Å². The smallest absolute Gasteiger partial charge is 0.259 e. The summed E-state index contributed by atoms with van der Waals surface area (Å²) in [6, 6.07) is 14.2. The van der Waals surface area contributed by atoms with Crippen LogP contribution in [0.1, 0.15) is 57.5 Å². The Balaban J connectivity index is 1.60. The van der Waals surface area contributed by atoms with Crippen molar-refractivity contribution in [2.45, 2.75) is 45.6 Å². The van der Waals surface area contributed by atoms with Gasteiger partial charge in [-0.25, -0.2) is 0 Å². The van der Waals surface area contributed by atoms with E-state index in [9.17, 15) is 14.4 Å². The number of amides is 3. The molecule has 0 unspecified atom stereocenters. The van der Waals surface area contributed by atoms with E-state index in [-0.39, 0.29) is 30.9 Å². The lowest BCUT2D eigenvalue weighted by Crippen LogP contribution is -2.47. The monoisotopic (exact) mass is 552 g/mol. The van der Waals surface area contributed by atoms with E-state index in [1.165, 1.54) is 4.90 Å². The van der Waals surface area contributed by atoms with Crippen LogP contribution in [0, 0.1) is 6.92 Å². The topological polar surface area (TPSA) is 114 Å². The Labute approximate surface area is 232 Å². The fourth-order valence-electron chi connectivity index (χ4n) is 4.56. The molecule has 2 N–H and O–H groups in total. The van der Waals surface area contributed by atoms with Crippen molar-refractivity contribution in [2.24, 2.45) is 0 Å². The molecule has 206 valence electrons. The van der Waals surface area contributed by atoms with Crippen molar-refractivity contribution in [3.8, 4) is 5.75 Å². The van der Waals surface area contributed by atoms with Gasteiger partial charge in [0.15, 0.2) is 0 Å². The van der Waals surface area contributed by atoms with Crippen LogP contribution in [0.3, 0.4) is 0 Å². The highest BCUT2D eigenvalue weighted by molar-refractivity contribution is 6.31. The summed E-state index contributed by atoms with van der Waals surface area (Å²) in [5.41, 5.74) is 2.30. The minimum Gasteiger partial charge on any atom is -0.491 e. The number of rotatable bonds is 4. The molecule has 2 heterocycles. The van der Waals surface area contributed by atoms with Gasteiger partial charge in [0.1, 0.15) is 23.7 Å². The van der Waals surface area contributed by atoms with Gasteiger partial charge in [0.25, 0.3) is 11.8 Å². The molecule has 0 bridgehead atoms. The summed E-state index contributed by atoms with van der Waals surface area (Å²) in [7, 11) is 0. The Bertz CT molecular complexity index is 1310. The highest BCUT2D eigenvalue weighted by Gasteiger charge is 2.27. The highest BCUT2D eigenvalue weighted by atomic mass is 35.5. The molecule has 0 fully saturated rings. The average molecular weight is 553 g/mol. The summed E-state index contributed by atoms with van der Waals surface area (Å²) in [6.45, 7) is 4.30. The number of carbonyl (C=O) groups is 3. The largest absolute Gasteiger partial charge is 0.491 e. The van der Waals surface area contributed by atoms with Crippen molar-refractivity contribution in [1.29, 1.82) is 0 Å². The van der Waals surface area contributed by atoms with Crippen LogP contribution in [-0.4, -0.2) is 60.1 Å². The molecule has 3 aromatic rings. The summed E-state index contributed by atoms with van der Waals surface area (Å²) in [4.78, 5) is 41.3. The Kier molecular flexibility index (Phi) is 9.59. The van der Waals surface area contributed by atoms with E-state index < -0.39 is 6.04 Å². The Morgan fingerprint density at radius 2 is 1.95 bits per heavy atom. The van der Waals surface area contributed by atoms with Crippen molar-refractivity contribution >= 4 is 29.3 Å². The molecule has 0 spiro atoms. The van der Waals surface area contributed by atoms with Gasteiger partial charge < -0.3 is 24.8 Å². The molecule has 39 heavy (non-hydrogen) atoms. The van der Waals surface area contributed by atoms with E-state index in [0.29, 0.717) is 72.1 Å². The first-order chi connectivity index (χ1) is 18.9. The van der Waals surface area contributed by atoms with Gasteiger partial charge in [0.2, 0.25) is 5.91 Å². The minimum atomic E-state index is -0.419. The van der Waals surface area contributed by atoms with Crippen LogP contribution < -0.4 is 15.4 Å². The second kappa shape index (κ2) is 13.3. The van der Waals surface area contributed by atoms with Crippen LogP contribution in [0.5, 0.6) is 5.75 Å². The number of hydrogen-bond acceptors (Lipinski definition) is 6. The molecule has 1 aliphatic rings. The Morgan fingerprint density at radius 3 is 2.72 bits per heavy atom. The lowest BCUT2D eigenvalue weighted by molar-refractivity contribution is -0.122. The number of aryl methyl sites for hydroxylation is 2. The third kappa shape index (κ3) is 7.38. The van der Waals surface area contributed by atoms with Crippen LogP contribution in [0.15, 0.2) is 53.1 Å². The predicted molar refractivity (Wildman–Crippen MR) is 147 cm³/mol. The number of benzene rings is 2. The number of nitrogens with one attached hydrogen (secondary N) is 2. The van der Waals surface area contributed by atoms with Crippen molar-refractivity contribution in [1.82, 2.24) is 20.7 Å². The summed E-state index contributed by atoms with van der Waals surface area (Å²) in [5.74, 6) is -0.0998. The third-order valence-electron chi connectivity index (χ3n) is 6.56. The number of nitrogens with zero attached hydrogens (tertiary/aromatic N) is 2. The molecule has 10 heteroatoms. The molecule has 0 aliphatic carbocycles. The van der Waals surface area contributed by atoms with Crippen molar-refractivity contribution in [3.63, 3.8) is 0 Å². The van der Waals surface area contributed by atoms with Crippen LogP contribution >= 0.6 is 11.6 Å².